The van der Waals surface area contributed by atoms with Crippen LogP contribution in [-0.4, -0.2) is 12.1 Å². The van der Waals surface area contributed by atoms with Gasteiger partial charge in [0.25, 0.3) is 0 Å². The second-order valence-electron chi connectivity index (χ2n) is 4.56. The zero-order valence-corrected chi connectivity index (χ0v) is 12.2. The van der Waals surface area contributed by atoms with Crippen LogP contribution in [0.2, 0.25) is 0 Å². The summed E-state index contributed by atoms with van der Waals surface area (Å²) in [7, 11) is 1.59. The van der Waals surface area contributed by atoms with Gasteiger partial charge >= 0.3 is 0 Å². The normalized spacial score (nSPS) is 10.9. The molecular formula is C15H12F2N2OS. The van der Waals surface area contributed by atoms with Gasteiger partial charge in [-0.2, -0.15) is 0 Å². The van der Waals surface area contributed by atoms with Crippen LogP contribution in [0.15, 0.2) is 30.3 Å². The first-order valence-corrected chi connectivity index (χ1v) is 7.06. The molecule has 0 amide bonds. The van der Waals surface area contributed by atoms with E-state index in [2.05, 4.69) is 10.3 Å². The second-order valence-corrected chi connectivity index (χ2v) is 5.59. The van der Waals surface area contributed by atoms with Gasteiger partial charge in [-0.15, -0.1) is 0 Å². The molecule has 6 heteroatoms. The van der Waals surface area contributed by atoms with Gasteiger partial charge in [0.05, 0.1) is 23.0 Å². The lowest BCUT2D eigenvalue weighted by Crippen LogP contribution is -1.96. The first-order valence-electron chi connectivity index (χ1n) is 6.24. The van der Waals surface area contributed by atoms with Gasteiger partial charge in [-0.1, -0.05) is 11.3 Å². The summed E-state index contributed by atoms with van der Waals surface area (Å²) in [6.45, 7) is 1.52. The van der Waals surface area contributed by atoms with Crippen molar-refractivity contribution in [2.45, 2.75) is 6.92 Å². The number of aromatic nitrogens is 1. The summed E-state index contributed by atoms with van der Waals surface area (Å²) in [5, 5.41) is 3.32. The molecule has 0 aliphatic heterocycles. The molecule has 21 heavy (non-hydrogen) atoms. The van der Waals surface area contributed by atoms with Gasteiger partial charge in [0.15, 0.2) is 5.13 Å². The van der Waals surface area contributed by atoms with Crippen molar-refractivity contribution in [1.82, 2.24) is 4.98 Å². The Hall–Kier alpha value is -2.21. The standard InChI is InChI=1S/C15H12F2N2OS/c1-8-5-11(17)13(7-10(8)16)19-15-18-12-4-3-9(20-2)6-14(12)21-15/h3-7H,1-2H3,(H,18,19). The van der Waals surface area contributed by atoms with Crippen molar-refractivity contribution in [3.05, 3.63) is 47.5 Å². The molecule has 0 bridgehead atoms. The molecule has 0 saturated heterocycles. The van der Waals surface area contributed by atoms with Crippen molar-refractivity contribution in [3.8, 4) is 5.75 Å². The molecule has 3 aromatic rings. The van der Waals surface area contributed by atoms with Gasteiger partial charge < -0.3 is 10.1 Å². The van der Waals surface area contributed by atoms with Crippen molar-refractivity contribution in [2.75, 3.05) is 12.4 Å². The van der Waals surface area contributed by atoms with Gasteiger partial charge in [-0.25, -0.2) is 13.8 Å². The number of nitrogens with zero attached hydrogens (tertiary/aromatic N) is 1. The molecular weight excluding hydrogens is 294 g/mol. The fourth-order valence-electron chi connectivity index (χ4n) is 1.94. The number of hydrogen-bond donors (Lipinski definition) is 1. The summed E-state index contributed by atoms with van der Waals surface area (Å²) in [6.07, 6.45) is 0. The van der Waals surface area contributed by atoms with E-state index < -0.39 is 11.6 Å². The molecule has 0 saturated carbocycles. The molecule has 0 unspecified atom stereocenters. The largest absolute Gasteiger partial charge is 0.497 e. The van der Waals surface area contributed by atoms with Crippen LogP contribution in [0.5, 0.6) is 5.75 Å². The zero-order valence-electron chi connectivity index (χ0n) is 11.4. The van der Waals surface area contributed by atoms with E-state index in [0.717, 1.165) is 28.1 Å². The summed E-state index contributed by atoms with van der Waals surface area (Å²) >= 11 is 1.35. The van der Waals surface area contributed by atoms with E-state index in [9.17, 15) is 8.78 Å². The first-order chi connectivity index (χ1) is 10.1. The predicted octanol–water partition coefficient (Wildman–Crippen LogP) is 4.64. The molecule has 1 N–H and O–H groups in total. The highest BCUT2D eigenvalue weighted by Gasteiger charge is 2.10. The van der Waals surface area contributed by atoms with Crippen molar-refractivity contribution >= 4 is 32.4 Å². The highest BCUT2D eigenvalue weighted by atomic mass is 32.1. The predicted molar refractivity (Wildman–Crippen MR) is 80.5 cm³/mol. The summed E-state index contributed by atoms with van der Waals surface area (Å²) in [5.74, 6) is -0.238. The summed E-state index contributed by atoms with van der Waals surface area (Å²) in [5.41, 5.74) is 1.12. The third-order valence-corrected chi connectivity index (χ3v) is 4.02. The molecule has 0 fully saturated rings. The lowest BCUT2D eigenvalue weighted by atomic mass is 10.2. The molecule has 3 nitrogen and oxygen atoms in total. The Balaban J connectivity index is 1.96. The maximum absolute atomic E-state index is 13.8. The Morgan fingerprint density at radius 3 is 2.71 bits per heavy atom. The Morgan fingerprint density at radius 2 is 1.95 bits per heavy atom. The Morgan fingerprint density at radius 1 is 1.14 bits per heavy atom. The number of methoxy groups -OCH3 is 1. The molecule has 2 aromatic carbocycles. The smallest absolute Gasteiger partial charge is 0.188 e. The number of ether oxygens (including phenoxy) is 1. The van der Waals surface area contributed by atoms with E-state index in [0.29, 0.717) is 5.13 Å². The van der Waals surface area contributed by atoms with E-state index in [1.807, 2.05) is 12.1 Å². The maximum atomic E-state index is 13.8. The van der Waals surface area contributed by atoms with Crippen LogP contribution < -0.4 is 10.1 Å². The molecule has 3 rings (SSSR count). The molecule has 0 aliphatic carbocycles. The minimum absolute atomic E-state index is 0.0733. The van der Waals surface area contributed by atoms with Crippen LogP contribution >= 0.6 is 11.3 Å². The number of aryl methyl sites for hydroxylation is 1. The van der Waals surface area contributed by atoms with E-state index in [1.54, 1.807) is 13.2 Å². The van der Waals surface area contributed by atoms with Gasteiger partial charge in [-0.3, -0.25) is 0 Å². The summed E-state index contributed by atoms with van der Waals surface area (Å²) in [6, 6.07) is 7.77. The summed E-state index contributed by atoms with van der Waals surface area (Å²) < 4.78 is 33.4. The number of nitrogens with one attached hydrogen (secondary N) is 1. The van der Waals surface area contributed by atoms with Crippen molar-refractivity contribution in [3.63, 3.8) is 0 Å². The van der Waals surface area contributed by atoms with Gasteiger partial charge in [-0.05, 0) is 36.8 Å². The van der Waals surface area contributed by atoms with Crippen LogP contribution in [0.3, 0.4) is 0 Å². The molecule has 1 heterocycles. The number of halogens is 2. The molecule has 0 spiro atoms. The molecule has 0 atom stereocenters. The van der Waals surface area contributed by atoms with Crippen molar-refractivity contribution in [2.24, 2.45) is 0 Å². The maximum Gasteiger partial charge on any atom is 0.188 e. The number of fused-ring (bicyclic) bond motifs is 1. The lowest BCUT2D eigenvalue weighted by Gasteiger charge is -2.05. The number of hydrogen-bond acceptors (Lipinski definition) is 4. The van der Waals surface area contributed by atoms with Crippen molar-refractivity contribution in [1.29, 1.82) is 0 Å². The Labute approximate surface area is 124 Å². The minimum Gasteiger partial charge on any atom is -0.497 e. The Bertz CT molecular complexity index is 817. The van der Waals surface area contributed by atoms with E-state index >= 15 is 0 Å². The summed E-state index contributed by atoms with van der Waals surface area (Å²) in [4.78, 5) is 4.34. The zero-order chi connectivity index (χ0) is 15.0. The lowest BCUT2D eigenvalue weighted by molar-refractivity contribution is 0.415. The number of benzene rings is 2. The fourth-order valence-corrected chi connectivity index (χ4v) is 2.85. The highest BCUT2D eigenvalue weighted by molar-refractivity contribution is 7.22. The third-order valence-electron chi connectivity index (χ3n) is 3.09. The molecule has 108 valence electrons. The topological polar surface area (TPSA) is 34.1 Å². The van der Waals surface area contributed by atoms with Gasteiger partial charge in [0, 0.05) is 6.07 Å². The third kappa shape index (κ3) is 2.67. The molecule has 1 aromatic heterocycles. The molecule has 0 aliphatic rings. The van der Waals surface area contributed by atoms with Gasteiger partial charge in [0.1, 0.15) is 17.4 Å². The SMILES string of the molecule is COc1ccc2nc(Nc3cc(F)c(C)cc3F)sc2c1. The van der Waals surface area contributed by atoms with Crippen molar-refractivity contribution < 1.29 is 13.5 Å². The number of rotatable bonds is 3. The Kier molecular flexibility index (Phi) is 3.47. The molecule has 0 radical (unpaired) electrons. The van der Waals surface area contributed by atoms with Crippen LogP contribution in [0.4, 0.5) is 19.6 Å². The monoisotopic (exact) mass is 306 g/mol. The first kappa shape index (κ1) is 13.8. The van der Waals surface area contributed by atoms with Crippen LogP contribution in [0.1, 0.15) is 5.56 Å². The van der Waals surface area contributed by atoms with E-state index in [-0.39, 0.29) is 11.3 Å². The van der Waals surface area contributed by atoms with Crippen LogP contribution in [-0.2, 0) is 0 Å². The second kappa shape index (κ2) is 5.29. The van der Waals surface area contributed by atoms with E-state index in [1.165, 1.54) is 18.3 Å². The number of thiazole rings is 1. The highest BCUT2D eigenvalue weighted by Crippen LogP contribution is 2.32. The number of anilines is 2. The van der Waals surface area contributed by atoms with E-state index in [4.69, 9.17) is 4.74 Å². The average molecular weight is 306 g/mol. The minimum atomic E-state index is -0.509. The fraction of sp³-hybridized carbons (Fsp3) is 0.133. The average Bonchev–Trinajstić information content (AvgIpc) is 2.85. The quantitative estimate of drug-likeness (QED) is 0.765. The van der Waals surface area contributed by atoms with Gasteiger partial charge in [0.2, 0.25) is 0 Å². The van der Waals surface area contributed by atoms with Crippen LogP contribution in [0, 0.1) is 18.6 Å². The van der Waals surface area contributed by atoms with Crippen LogP contribution in [0.25, 0.3) is 10.2 Å².